The number of hydrogen-bond donors (Lipinski definition) is 1. The van der Waals surface area contributed by atoms with Crippen molar-refractivity contribution in [1.29, 1.82) is 0 Å². The minimum atomic E-state index is -0.530. The number of carbonyl (C=O) groups excluding carboxylic acids is 2. The monoisotopic (exact) mass is 466 g/mol. The van der Waals surface area contributed by atoms with E-state index in [0.717, 1.165) is 4.90 Å². The number of nitrogens with zero attached hydrogens (tertiary/aromatic N) is 1. The first kappa shape index (κ1) is 22.4. The molecule has 0 aromatic heterocycles. The number of nitrogens with one attached hydrogen (secondary N) is 1. The zero-order valence-corrected chi connectivity index (χ0v) is 18.7. The molecule has 1 aliphatic heterocycles. The fraction of sp³-hybridized carbons (Fsp3) is 0.120. The lowest BCUT2D eigenvalue weighted by molar-refractivity contribution is -0.137. The molecule has 0 spiro atoms. The van der Waals surface area contributed by atoms with Gasteiger partial charge in [0, 0.05) is 11.1 Å². The highest BCUT2D eigenvalue weighted by Crippen LogP contribution is 2.36. The number of halogens is 2. The lowest BCUT2D eigenvalue weighted by Gasteiger charge is -2.17. The highest BCUT2D eigenvalue weighted by atomic mass is 35.5. The summed E-state index contributed by atoms with van der Waals surface area (Å²) in [6, 6.07) is 17.4. The lowest BCUT2D eigenvalue weighted by Crippen LogP contribution is -2.32. The predicted octanol–water partition coefficient (Wildman–Crippen LogP) is 4.89. The molecule has 0 atom stereocenters. The Hall–Kier alpha value is -3.84. The van der Waals surface area contributed by atoms with Gasteiger partial charge in [0.1, 0.15) is 23.0 Å². The number of amides is 2. The number of methoxy groups -OCH3 is 2. The van der Waals surface area contributed by atoms with Crippen LogP contribution >= 0.6 is 11.6 Å². The van der Waals surface area contributed by atoms with Crippen LogP contribution in [0.5, 0.6) is 11.5 Å². The zero-order valence-electron chi connectivity index (χ0n) is 17.9. The molecule has 0 saturated carbocycles. The minimum absolute atomic E-state index is 0.00698. The third kappa shape index (κ3) is 4.40. The summed E-state index contributed by atoms with van der Waals surface area (Å²) in [6.07, 6.45) is 0. The summed E-state index contributed by atoms with van der Waals surface area (Å²) in [7, 11) is 3.02. The Bertz CT molecular complexity index is 1260. The van der Waals surface area contributed by atoms with Crippen molar-refractivity contribution in [2.24, 2.45) is 0 Å². The fourth-order valence-corrected chi connectivity index (χ4v) is 3.75. The molecule has 0 saturated heterocycles. The van der Waals surface area contributed by atoms with E-state index in [1.54, 1.807) is 42.5 Å². The van der Waals surface area contributed by atoms with E-state index in [0.29, 0.717) is 33.3 Å². The van der Waals surface area contributed by atoms with Gasteiger partial charge in [0.15, 0.2) is 0 Å². The molecule has 2 amide bonds. The van der Waals surface area contributed by atoms with Gasteiger partial charge in [0.05, 0.1) is 32.0 Å². The fourth-order valence-electron chi connectivity index (χ4n) is 3.55. The standard InChI is InChI=1S/C25H20ClFN2O4/c1-32-18-11-12-20(21(13-18)33-2)28-23-22(15-7-9-17(27)10-8-15)24(30)29(25(23)31)14-16-5-3-4-6-19(16)26/h3-13,28H,14H2,1-2H3. The van der Waals surface area contributed by atoms with Crippen LogP contribution in [0, 0.1) is 5.82 Å². The van der Waals surface area contributed by atoms with Crippen molar-refractivity contribution >= 4 is 34.7 Å². The molecule has 8 heteroatoms. The van der Waals surface area contributed by atoms with Crippen LogP contribution < -0.4 is 14.8 Å². The molecule has 168 valence electrons. The smallest absolute Gasteiger partial charge is 0.278 e. The molecule has 0 aliphatic carbocycles. The van der Waals surface area contributed by atoms with Gasteiger partial charge in [0.2, 0.25) is 0 Å². The van der Waals surface area contributed by atoms with Gasteiger partial charge in [0.25, 0.3) is 11.8 Å². The van der Waals surface area contributed by atoms with E-state index in [4.69, 9.17) is 21.1 Å². The average molecular weight is 467 g/mol. The van der Waals surface area contributed by atoms with Gasteiger partial charge >= 0.3 is 0 Å². The maximum absolute atomic E-state index is 13.5. The van der Waals surface area contributed by atoms with E-state index in [-0.39, 0.29) is 17.8 Å². The molecule has 4 rings (SSSR count). The van der Waals surface area contributed by atoms with Crippen molar-refractivity contribution in [3.8, 4) is 11.5 Å². The SMILES string of the molecule is COc1ccc(NC2=C(c3ccc(F)cc3)C(=O)N(Cc3ccccc3Cl)C2=O)c(OC)c1. The van der Waals surface area contributed by atoms with Gasteiger partial charge in [-0.25, -0.2) is 4.39 Å². The third-order valence-electron chi connectivity index (χ3n) is 5.26. The van der Waals surface area contributed by atoms with Crippen LogP contribution in [0.4, 0.5) is 10.1 Å². The van der Waals surface area contributed by atoms with Crippen LogP contribution in [0.1, 0.15) is 11.1 Å². The van der Waals surface area contributed by atoms with Gasteiger partial charge < -0.3 is 14.8 Å². The minimum Gasteiger partial charge on any atom is -0.497 e. The molecule has 3 aromatic rings. The predicted molar refractivity (Wildman–Crippen MR) is 123 cm³/mol. The second-order valence-corrected chi connectivity index (χ2v) is 7.64. The van der Waals surface area contributed by atoms with Crippen molar-refractivity contribution in [1.82, 2.24) is 4.90 Å². The van der Waals surface area contributed by atoms with E-state index in [9.17, 15) is 14.0 Å². The van der Waals surface area contributed by atoms with E-state index in [1.165, 1.54) is 38.5 Å². The number of benzene rings is 3. The number of carbonyl (C=O) groups is 2. The molecular formula is C25H20ClFN2O4. The number of rotatable bonds is 7. The third-order valence-corrected chi connectivity index (χ3v) is 5.62. The van der Waals surface area contributed by atoms with Gasteiger partial charge in [-0.15, -0.1) is 0 Å². The summed E-state index contributed by atoms with van der Waals surface area (Å²) in [4.78, 5) is 27.9. The van der Waals surface area contributed by atoms with Crippen molar-refractivity contribution < 1.29 is 23.5 Å². The Morgan fingerprint density at radius 3 is 2.33 bits per heavy atom. The summed E-state index contributed by atoms with van der Waals surface area (Å²) in [5, 5.41) is 3.49. The van der Waals surface area contributed by atoms with Crippen LogP contribution in [0.15, 0.2) is 72.4 Å². The Labute approximate surface area is 195 Å². The summed E-state index contributed by atoms with van der Waals surface area (Å²) >= 11 is 6.25. The Balaban J connectivity index is 1.77. The molecule has 1 N–H and O–H groups in total. The highest BCUT2D eigenvalue weighted by molar-refractivity contribution is 6.36. The number of hydrogen-bond acceptors (Lipinski definition) is 5. The largest absolute Gasteiger partial charge is 0.497 e. The number of anilines is 1. The topological polar surface area (TPSA) is 67.9 Å². The van der Waals surface area contributed by atoms with E-state index in [2.05, 4.69) is 5.32 Å². The average Bonchev–Trinajstić information content (AvgIpc) is 3.05. The first-order chi connectivity index (χ1) is 15.9. The van der Waals surface area contributed by atoms with Gasteiger partial charge in [-0.3, -0.25) is 14.5 Å². The second kappa shape index (κ2) is 9.34. The first-order valence-corrected chi connectivity index (χ1v) is 10.4. The van der Waals surface area contributed by atoms with Crippen molar-refractivity contribution in [2.45, 2.75) is 6.54 Å². The maximum Gasteiger partial charge on any atom is 0.278 e. The summed E-state index contributed by atoms with van der Waals surface area (Å²) in [5.74, 6) is -0.501. The molecule has 0 unspecified atom stereocenters. The Kier molecular flexibility index (Phi) is 6.33. The maximum atomic E-state index is 13.5. The molecular weight excluding hydrogens is 447 g/mol. The molecule has 0 radical (unpaired) electrons. The quantitative estimate of drug-likeness (QED) is 0.502. The van der Waals surface area contributed by atoms with E-state index in [1.807, 2.05) is 0 Å². The summed E-state index contributed by atoms with van der Waals surface area (Å²) < 4.78 is 24.2. The molecule has 0 bridgehead atoms. The van der Waals surface area contributed by atoms with Crippen LogP contribution in [0.3, 0.4) is 0 Å². The normalized spacial score (nSPS) is 13.5. The molecule has 6 nitrogen and oxygen atoms in total. The Morgan fingerprint density at radius 1 is 0.939 bits per heavy atom. The summed E-state index contributed by atoms with van der Waals surface area (Å²) in [5.41, 5.74) is 1.69. The summed E-state index contributed by atoms with van der Waals surface area (Å²) in [6.45, 7) is -0.00698. The van der Waals surface area contributed by atoms with Gasteiger partial charge in [-0.2, -0.15) is 0 Å². The van der Waals surface area contributed by atoms with Gasteiger partial charge in [-0.05, 0) is 41.5 Å². The van der Waals surface area contributed by atoms with Crippen molar-refractivity contribution in [3.63, 3.8) is 0 Å². The second-order valence-electron chi connectivity index (χ2n) is 7.24. The van der Waals surface area contributed by atoms with E-state index < -0.39 is 17.6 Å². The van der Waals surface area contributed by atoms with Crippen molar-refractivity contribution in [2.75, 3.05) is 19.5 Å². The zero-order chi connectivity index (χ0) is 23.5. The number of ether oxygens (including phenoxy) is 2. The lowest BCUT2D eigenvalue weighted by atomic mass is 10.0. The molecule has 33 heavy (non-hydrogen) atoms. The van der Waals surface area contributed by atoms with Crippen molar-refractivity contribution in [3.05, 3.63) is 94.4 Å². The highest BCUT2D eigenvalue weighted by Gasteiger charge is 2.39. The van der Waals surface area contributed by atoms with Crippen LogP contribution in [0.25, 0.3) is 5.57 Å². The Morgan fingerprint density at radius 2 is 1.67 bits per heavy atom. The molecule has 1 aliphatic rings. The first-order valence-electron chi connectivity index (χ1n) is 10.0. The number of imide groups is 1. The molecule has 0 fully saturated rings. The van der Waals surface area contributed by atoms with Crippen LogP contribution in [-0.4, -0.2) is 30.9 Å². The van der Waals surface area contributed by atoms with Crippen LogP contribution in [-0.2, 0) is 16.1 Å². The van der Waals surface area contributed by atoms with Gasteiger partial charge in [-0.1, -0.05) is 41.9 Å². The molecule has 3 aromatic carbocycles. The van der Waals surface area contributed by atoms with E-state index >= 15 is 0 Å². The molecule has 1 heterocycles. The van der Waals surface area contributed by atoms with Crippen LogP contribution in [0.2, 0.25) is 5.02 Å².